The lowest BCUT2D eigenvalue weighted by atomic mass is 9.74. The molecular weight excluding hydrogens is 204 g/mol. The maximum absolute atomic E-state index is 11.1. The largest absolute Gasteiger partial charge is 0.384 e. The quantitative estimate of drug-likeness (QED) is 0.735. The standard InChI is InChI=1S/C12H14N2O2/c1-7-12(6-16-7)5-14-10-4-8(11(13)15)2-3-9(10)12/h2-4,7,14H,5-6H2,1H3,(H2,13,15). The van der Waals surface area contributed by atoms with Gasteiger partial charge in [0.15, 0.2) is 0 Å². The highest BCUT2D eigenvalue weighted by molar-refractivity contribution is 5.94. The van der Waals surface area contributed by atoms with Crippen molar-refractivity contribution >= 4 is 11.6 Å². The zero-order chi connectivity index (χ0) is 11.3. The van der Waals surface area contributed by atoms with Crippen LogP contribution in [0.25, 0.3) is 0 Å². The van der Waals surface area contributed by atoms with Crippen LogP contribution in [0.2, 0.25) is 0 Å². The highest BCUT2D eigenvalue weighted by Crippen LogP contribution is 2.46. The first kappa shape index (κ1) is 9.66. The van der Waals surface area contributed by atoms with Crippen LogP contribution in [0.1, 0.15) is 22.8 Å². The maximum Gasteiger partial charge on any atom is 0.248 e. The van der Waals surface area contributed by atoms with Crippen LogP contribution in [0.15, 0.2) is 18.2 Å². The van der Waals surface area contributed by atoms with E-state index < -0.39 is 0 Å². The van der Waals surface area contributed by atoms with Gasteiger partial charge >= 0.3 is 0 Å². The van der Waals surface area contributed by atoms with Crippen LogP contribution in [0.5, 0.6) is 0 Å². The van der Waals surface area contributed by atoms with E-state index in [0.29, 0.717) is 5.56 Å². The lowest BCUT2D eigenvalue weighted by molar-refractivity contribution is -0.119. The van der Waals surface area contributed by atoms with Gasteiger partial charge in [0.1, 0.15) is 0 Å². The van der Waals surface area contributed by atoms with Crippen LogP contribution in [0.4, 0.5) is 5.69 Å². The van der Waals surface area contributed by atoms with E-state index in [1.54, 1.807) is 6.07 Å². The molecule has 1 aromatic carbocycles. The number of rotatable bonds is 1. The van der Waals surface area contributed by atoms with Crippen molar-refractivity contribution in [3.63, 3.8) is 0 Å². The molecule has 4 nitrogen and oxygen atoms in total. The first-order chi connectivity index (χ1) is 7.63. The van der Waals surface area contributed by atoms with E-state index in [4.69, 9.17) is 10.5 Å². The van der Waals surface area contributed by atoms with Crippen LogP contribution < -0.4 is 11.1 Å². The zero-order valence-electron chi connectivity index (χ0n) is 9.12. The van der Waals surface area contributed by atoms with E-state index in [0.717, 1.165) is 18.8 Å². The van der Waals surface area contributed by atoms with E-state index in [1.807, 2.05) is 12.1 Å². The van der Waals surface area contributed by atoms with Gasteiger partial charge in [-0.05, 0) is 24.6 Å². The highest BCUT2D eigenvalue weighted by Gasteiger charge is 2.51. The molecule has 1 spiro atoms. The predicted octanol–water partition coefficient (Wildman–Crippen LogP) is 0.868. The van der Waals surface area contributed by atoms with Gasteiger partial charge in [-0.3, -0.25) is 4.79 Å². The number of primary amides is 1. The van der Waals surface area contributed by atoms with E-state index in [-0.39, 0.29) is 17.4 Å². The summed E-state index contributed by atoms with van der Waals surface area (Å²) in [6.07, 6.45) is 0.237. The molecule has 1 fully saturated rings. The summed E-state index contributed by atoms with van der Waals surface area (Å²) in [6, 6.07) is 5.62. The SMILES string of the molecule is CC1OCC12CNc1cc(C(N)=O)ccc12. The summed E-state index contributed by atoms with van der Waals surface area (Å²) >= 11 is 0. The number of carbonyl (C=O) groups excluding carboxylic acids is 1. The van der Waals surface area contributed by atoms with E-state index in [1.165, 1.54) is 5.56 Å². The number of carbonyl (C=O) groups is 1. The molecule has 1 saturated heterocycles. The van der Waals surface area contributed by atoms with Crippen LogP contribution >= 0.6 is 0 Å². The number of hydrogen-bond donors (Lipinski definition) is 2. The van der Waals surface area contributed by atoms with Gasteiger partial charge in [-0.1, -0.05) is 6.07 Å². The lowest BCUT2D eigenvalue weighted by Crippen LogP contribution is -2.55. The van der Waals surface area contributed by atoms with E-state index >= 15 is 0 Å². The normalized spacial score (nSPS) is 30.7. The molecule has 0 aromatic heterocycles. The van der Waals surface area contributed by atoms with Gasteiger partial charge in [-0.25, -0.2) is 0 Å². The fourth-order valence-electron chi connectivity index (χ4n) is 2.57. The van der Waals surface area contributed by atoms with Crippen molar-refractivity contribution in [2.75, 3.05) is 18.5 Å². The second kappa shape index (κ2) is 2.98. The lowest BCUT2D eigenvalue weighted by Gasteiger charge is -2.45. The molecule has 2 unspecified atom stereocenters. The van der Waals surface area contributed by atoms with Crippen molar-refractivity contribution in [1.29, 1.82) is 0 Å². The van der Waals surface area contributed by atoms with Crippen LogP contribution in [0, 0.1) is 0 Å². The topological polar surface area (TPSA) is 64.3 Å². The summed E-state index contributed by atoms with van der Waals surface area (Å²) in [6.45, 7) is 3.72. The third-order valence-corrected chi connectivity index (χ3v) is 3.80. The number of fused-ring (bicyclic) bond motifs is 2. The molecule has 2 aliphatic heterocycles. The van der Waals surface area contributed by atoms with Crippen LogP contribution in [-0.2, 0) is 10.2 Å². The van der Waals surface area contributed by atoms with Gasteiger partial charge in [0.2, 0.25) is 5.91 Å². The molecule has 1 aromatic rings. The average molecular weight is 218 g/mol. The summed E-state index contributed by atoms with van der Waals surface area (Å²) in [5, 5.41) is 3.33. The Balaban J connectivity index is 2.05. The number of anilines is 1. The summed E-state index contributed by atoms with van der Waals surface area (Å²) in [5.74, 6) is -0.386. The second-order valence-corrected chi connectivity index (χ2v) is 4.59. The first-order valence-corrected chi connectivity index (χ1v) is 5.43. The Bertz CT molecular complexity index is 472. The minimum absolute atomic E-state index is 0.103. The van der Waals surface area contributed by atoms with E-state index in [9.17, 15) is 4.79 Å². The Labute approximate surface area is 93.8 Å². The Morgan fingerprint density at radius 1 is 1.62 bits per heavy atom. The third-order valence-electron chi connectivity index (χ3n) is 3.80. The molecule has 0 saturated carbocycles. The van der Waals surface area contributed by atoms with Crippen molar-refractivity contribution in [2.24, 2.45) is 5.73 Å². The van der Waals surface area contributed by atoms with Gasteiger partial charge in [-0.2, -0.15) is 0 Å². The minimum atomic E-state index is -0.386. The fourth-order valence-corrected chi connectivity index (χ4v) is 2.57. The molecule has 3 rings (SSSR count). The summed E-state index contributed by atoms with van der Waals surface area (Å²) in [7, 11) is 0. The third kappa shape index (κ3) is 1.05. The Morgan fingerprint density at radius 3 is 3.00 bits per heavy atom. The number of nitrogens with one attached hydrogen (secondary N) is 1. The highest BCUT2D eigenvalue weighted by atomic mass is 16.5. The first-order valence-electron chi connectivity index (χ1n) is 5.43. The van der Waals surface area contributed by atoms with Crippen LogP contribution in [0.3, 0.4) is 0 Å². The molecular formula is C12H14N2O2. The molecule has 4 heteroatoms. The Morgan fingerprint density at radius 2 is 2.44 bits per heavy atom. The van der Waals surface area contributed by atoms with Gasteiger partial charge in [-0.15, -0.1) is 0 Å². The van der Waals surface area contributed by atoms with Gasteiger partial charge in [0.25, 0.3) is 0 Å². The molecule has 84 valence electrons. The zero-order valence-corrected chi connectivity index (χ0v) is 9.12. The molecule has 2 atom stereocenters. The molecule has 16 heavy (non-hydrogen) atoms. The fraction of sp³-hybridized carbons (Fsp3) is 0.417. The summed E-state index contributed by atoms with van der Waals surface area (Å²) in [4.78, 5) is 11.1. The van der Waals surface area contributed by atoms with Crippen LogP contribution in [-0.4, -0.2) is 25.2 Å². The number of nitrogens with two attached hydrogens (primary N) is 1. The molecule has 3 N–H and O–H groups in total. The monoisotopic (exact) mass is 218 g/mol. The van der Waals surface area contributed by atoms with E-state index in [2.05, 4.69) is 12.2 Å². The molecule has 2 heterocycles. The molecule has 0 bridgehead atoms. The van der Waals surface area contributed by atoms with Crippen molar-refractivity contribution in [2.45, 2.75) is 18.4 Å². The Hall–Kier alpha value is -1.55. The Kier molecular flexibility index (Phi) is 1.80. The molecule has 1 amide bonds. The van der Waals surface area contributed by atoms with Gasteiger partial charge < -0.3 is 15.8 Å². The summed E-state index contributed by atoms with van der Waals surface area (Å²) < 4.78 is 5.47. The number of benzene rings is 1. The van der Waals surface area contributed by atoms with Gasteiger partial charge in [0, 0.05) is 17.8 Å². The molecule has 0 radical (unpaired) electrons. The maximum atomic E-state index is 11.1. The number of amides is 1. The summed E-state index contributed by atoms with van der Waals surface area (Å²) in [5.41, 5.74) is 8.18. The molecule has 0 aliphatic carbocycles. The van der Waals surface area contributed by atoms with Crippen molar-refractivity contribution in [1.82, 2.24) is 0 Å². The number of hydrogen-bond acceptors (Lipinski definition) is 3. The smallest absolute Gasteiger partial charge is 0.248 e. The van der Waals surface area contributed by atoms with Crippen molar-refractivity contribution in [3.05, 3.63) is 29.3 Å². The minimum Gasteiger partial charge on any atom is -0.384 e. The molecule has 2 aliphatic rings. The average Bonchev–Trinajstić information content (AvgIpc) is 2.67. The van der Waals surface area contributed by atoms with Crippen molar-refractivity contribution in [3.8, 4) is 0 Å². The number of ether oxygens (including phenoxy) is 1. The van der Waals surface area contributed by atoms with Gasteiger partial charge in [0.05, 0.1) is 18.1 Å². The predicted molar refractivity (Wildman–Crippen MR) is 60.5 cm³/mol. The van der Waals surface area contributed by atoms with Crippen molar-refractivity contribution < 1.29 is 9.53 Å². The second-order valence-electron chi connectivity index (χ2n) is 4.59.